The number of anilines is 1. The Labute approximate surface area is 118 Å². The van der Waals surface area contributed by atoms with E-state index >= 15 is 0 Å². The second-order valence-electron chi connectivity index (χ2n) is 5.18. The van der Waals surface area contributed by atoms with Gasteiger partial charge in [0.1, 0.15) is 0 Å². The van der Waals surface area contributed by atoms with Gasteiger partial charge in [-0.2, -0.15) is 0 Å². The number of carbonyl (C=O) groups excluding carboxylic acids is 1. The molecule has 1 unspecified atom stereocenters. The van der Waals surface area contributed by atoms with E-state index in [1.165, 1.54) is 6.07 Å². The molecule has 6 heteroatoms. The van der Waals surface area contributed by atoms with Gasteiger partial charge in [-0.15, -0.1) is 0 Å². The van der Waals surface area contributed by atoms with Crippen molar-refractivity contribution < 1.29 is 9.72 Å². The Morgan fingerprint density at radius 2 is 2.10 bits per heavy atom. The van der Waals surface area contributed by atoms with Gasteiger partial charge in [-0.05, 0) is 24.8 Å². The molecule has 110 valence electrons. The van der Waals surface area contributed by atoms with Crippen LogP contribution in [0.25, 0.3) is 0 Å². The number of carbonyl (C=O) groups is 1. The van der Waals surface area contributed by atoms with Crippen LogP contribution in [0.1, 0.15) is 32.8 Å². The minimum absolute atomic E-state index is 0.0164. The first kappa shape index (κ1) is 16.1. The van der Waals surface area contributed by atoms with Gasteiger partial charge >= 0.3 is 0 Å². The van der Waals surface area contributed by atoms with Crippen molar-refractivity contribution in [1.82, 2.24) is 0 Å². The number of nitrogens with two attached hydrogens (primary N) is 1. The molecule has 0 fully saturated rings. The molecule has 1 atom stereocenters. The summed E-state index contributed by atoms with van der Waals surface area (Å²) in [6.07, 6.45) is 1.14. The molecule has 1 aromatic carbocycles. The first-order valence-corrected chi connectivity index (χ1v) is 6.68. The monoisotopic (exact) mass is 279 g/mol. The summed E-state index contributed by atoms with van der Waals surface area (Å²) in [5.41, 5.74) is 6.83. The molecule has 0 radical (unpaired) electrons. The Balaban J connectivity index is 2.85. The summed E-state index contributed by atoms with van der Waals surface area (Å²) in [5, 5.41) is 13.6. The van der Waals surface area contributed by atoms with Gasteiger partial charge in [-0.1, -0.05) is 26.8 Å². The van der Waals surface area contributed by atoms with E-state index in [4.69, 9.17) is 5.73 Å². The molecule has 20 heavy (non-hydrogen) atoms. The molecule has 0 aliphatic carbocycles. The average Bonchev–Trinajstić information content (AvgIpc) is 2.37. The Hall–Kier alpha value is -1.95. The fourth-order valence-electron chi connectivity index (χ4n) is 1.96. The van der Waals surface area contributed by atoms with Gasteiger partial charge in [-0.3, -0.25) is 14.9 Å². The molecule has 0 saturated heterocycles. The van der Waals surface area contributed by atoms with Gasteiger partial charge in [0.25, 0.3) is 5.69 Å². The lowest BCUT2D eigenvalue weighted by molar-refractivity contribution is -0.385. The van der Waals surface area contributed by atoms with E-state index in [1.54, 1.807) is 12.1 Å². The van der Waals surface area contributed by atoms with Gasteiger partial charge in [0.15, 0.2) is 0 Å². The van der Waals surface area contributed by atoms with Crippen molar-refractivity contribution in [3.05, 3.63) is 33.9 Å². The van der Waals surface area contributed by atoms with E-state index in [-0.39, 0.29) is 11.6 Å². The van der Waals surface area contributed by atoms with Crippen LogP contribution in [0.5, 0.6) is 0 Å². The highest BCUT2D eigenvalue weighted by Gasteiger charge is 2.17. The molecule has 1 aromatic rings. The summed E-state index contributed by atoms with van der Waals surface area (Å²) in [4.78, 5) is 22.4. The van der Waals surface area contributed by atoms with Gasteiger partial charge in [-0.25, -0.2) is 0 Å². The zero-order valence-electron chi connectivity index (χ0n) is 12.1. The lowest BCUT2D eigenvalue weighted by atomic mass is 10.0. The van der Waals surface area contributed by atoms with Crippen molar-refractivity contribution in [3.8, 4) is 0 Å². The second-order valence-corrected chi connectivity index (χ2v) is 5.18. The minimum Gasteiger partial charge on any atom is -0.324 e. The van der Waals surface area contributed by atoms with Crippen LogP contribution in [0.2, 0.25) is 0 Å². The number of amides is 1. The van der Waals surface area contributed by atoms with E-state index in [2.05, 4.69) is 5.32 Å². The Morgan fingerprint density at radius 1 is 1.45 bits per heavy atom. The molecule has 0 saturated carbocycles. The van der Waals surface area contributed by atoms with Crippen LogP contribution in [-0.4, -0.2) is 16.9 Å². The summed E-state index contributed by atoms with van der Waals surface area (Å²) in [5.74, 6) is -0.00944. The first-order chi connectivity index (χ1) is 9.35. The molecular formula is C14H21N3O3. The van der Waals surface area contributed by atoms with Crippen LogP contribution in [-0.2, 0) is 11.2 Å². The van der Waals surface area contributed by atoms with Gasteiger partial charge in [0.05, 0.1) is 11.0 Å². The molecule has 0 bridgehead atoms. The summed E-state index contributed by atoms with van der Waals surface area (Å²) in [6, 6.07) is 4.08. The number of nitro benzene ring substituents is 1. The number of nitrogens with one attached hydrogen (secondary N) is 1. The number of nitrogens with zero attached hydrogens (tertiary/aromatic N) is 1. The lowest BCUT2D eigenvalue weighted by Crippen LogP contribution is -2.36. The third-order valence-corrected chi connectivity index (χ3v) is 2.99. The number of rotatable bonds is 6. The van der Waals surface area contributed by atoms with Crippen LogP contribution in [0, 0.1) is 16.0 Å². The molecule has 0 aromatic heterocycles. The molecule has 3 N–H and O–H groups in total. The summed E-state index contributed by atoms with van der Waals surface area (Å²) < 4.78 is 0. The molecule has 1 rings (SSSR count). The Bertz CT molecular complexity index is 500. The number of aryl methyl sites for hydroxylation is 1. The zero-order valence-corrected chi connectivity index (χ0v) is 12.1. The maximum atomic E-state index is 11.9. The molecule has 0 heterocycles. The molecular weight excluding hydrogens is 258 g/mol. The number of hydrogen-bond donors (Lipinski definition) is 2. The minimum atomic E-state index is -0.611. The molecule has 0 aliphatic rings. The topological polar surface area (TPSA) is 98.3 Å². The largest absolute Gasteiger partial charge is 0.324 e. The third-order valence-electron chi connectivity index (χ3n) is 2.99. The molecule has 0 spiro atoms. The van der Waals surface area contributed by atoms with Crippen LogP contribution in [0.3, 0.4) is 0 Å². The SMILES string of the molecule is CCc1ccc(NC(=O)C(N)CC(C)C)cc1[N+](=O)[O-]. The van der Waals surface area contributed by atoms with Crippen LogP contribution >= 0.6 is 0 Å². The quantitative estimate of drug-likeness (QED) is 0.617. The van der Waals surface area contributed by atoms with E-state index in [0.717, 1.165) is 0 Å². The van der Waals surface area contributed by atoms with E-state index in [9.17, 15) is 14.9 Å². The van der Waals surface area contributed by atoms with Crippen molar-refractivity contribution in [2.24, 2.45) is 11.7 Å². The first-order valence-electron chi connectivity index (χ1n) is 6.68. The maximum absolute atomic E-state index is 11.9. The molecule has 6 nitrogen and oxygen atoms in total. The summed E-state index contributed by atoms with van der Waals surface area (Å²) in [6.45, 7) is 5.81. The molecule has 0 aliphatic heterocycles. The van der Waals surface area contributed by atoms with Gasteiger partial charge < -0.3 is 11.1 Å². The normalized spacial score (nSPS) is 12.2. The van der Waals surface area contributed by atoms with Crippen molar-refractivity contribution >= 4 is 17.3 Å². The van der Waals surface area contributed by atoms with Crippen LogP contribution in [0.4, 0.5) is 11.4 Å². The predicted molar refractivity (Wildman–Crippen MR) is 78.5 cm³/mol. The van der Waals surface area contributed by atoms with Crippen molar-refractivity contribution in [2.45, 2.75) is 39.7 Å². The second kappa shape index (κ2) is 7.00. The predicted octanol–water partition coefficient (Wildman–Crippen LogP) is 2.47. The molecule has 1 amide bonds. The van der Waals surface area contributed by atoms with E-state index in [0.29, 0.717) is 30.0 Å². The van der Waals surface area contributed by atoms with Crippen LogP contribution < -0.4 is 11.1 Å². The number of benzene rings is 1. The maximum Gasteiger partial charge on any atom is 0.274 e. The summed E-state index contributed by atoms with van der Waals surface area (Å²) in [7, 11) is 0. The average molecular weight is 279 g/mol. The fourth-order valence-corrected chi connectivity index (χ4v) is 1.96. The Morgan fingerprint density at radius 3 is 2.60 bits per heavy atom. The van der Waals surface area contributed by atoms with Crippen molar-refractivity contribution in [3.63, 3.8) is 0 Å². The van der Waals surface area contributed by atoms with Crippen molar-refractivity contribution in [1.29, 1.82) is 0 Å². The van der Waals surface area contributed by atoms with Gasteiger partial charge in [0, 0.05) is 17.3 Å². The highest BCUT2D eigenvalue weighted by molar-refractivity contribution is 5.95. The number of hydrogen-bond acceptors (Lipinski definition) is 4. The van der Waals surface area contributed by atoms with Crippen LogP contribution in [0.15, 0.2) is 18.2 Å². The third kappa shape index (κ3) is 4.31. The lowest BCUT2D eigenvalue weighted by Gasteiger charge is -2.14. The fraction of sp³-hybridized carbons (Fsp3) is 0.500. The zero-order chi connectivity index (χ0) is 15.3. The van der Waals surface area contributed by atoms with Gasteiger partial charge in [0.2, 0.25) is 5.91 Å². The standard InChI is InChI=1S/C14H21N3O3/c1-4-10-5-6-11(8-13(10)17(19)20)16-14(18)12(15)7-9(2)3/h5-6,8-9,12H,4,7,15H2,1-3H3,(H,16,18). The van der Waals surface area contributed by atoms with E-state index in [1.807, 2.05) is 20.8 Å². The Kier molecular flexibility index (Phi) is 5.64. The highest BCUT2D eigenvalue weighted by Crippen LogP contribution is 2.23. The van der Waals surface area contributed by atoms with E-state index < -0.39 is 11.0 Å². The smallest absolute Gasteiger partial charge is 0.274 e. The number of nitro groups is 1. The highest BCUT2D eigenvalue weighted by atomic mass is 16.6. The summed E-state index contributed by atoms with van der Waals surface area (Å²) >= 11 is 0. The van der Waals surface area contributed by atoms with Crippen molar-refractivity contribution in [2.75, 3.05) is 5.32 Å².